The van der Waals surface area contributed by atoms with Gasteiger partial charge in [-0.25, -0.2) is 0 Å². The number of ether oxygens (including phenoxy) is 1. The summed E-state index contributed by atoms with van der Waals surface area (Å²) < 4.78 is 5.61. The van der Waals surface area contributed by atoms with Gasteiger partial charge in [0.25, 0.3) is 0 Å². The van der Waals surface area contributed by atoms with Crippen LogP contribution in [-0.4, -0.2) is 43.2 Å². The molecule has 0 bridgehead atoms. The van der Waals surface area contributed by atoms with E-state index in [1.54, 1.807) is 0 Å². The zero-order chi connectivity index (χ0) is 13.8. The molecule has 1 unspecified atom stereocenters. The van der Waals surface area contributed by atoms with Crippen LogP contribution in [-0.2, 0) is 16.1 Å². The van der Waals surface area contributed by atoms with E-state index >= 15 is 0 Å². The van der Waals surface area contributed by atoms with Gasteiger partial charge in [-0.1, -0.05) is 30.3 Å². The number of carbonyl (C=O) groups is 1. The molecule has 1 atom stereocenters. The van der Waals surface area contributed by atoms with Crippen LogP contribution in [0.1, 0.15) is 18.4 Å². The molecule has 2 aliphatic rings. The van der Waals surface area contributed by atoms with Crippen molar-refractivity contribution in [3.05, 3.63) is 35.9 Å². The Labute approximate surface area is 120 Å². The Morgan fingerprint density at radius 3 is 2.80 bits per heavy atom. The molecule has 1 amide bonds. The summed E-state index contributed by atoms with van der Waals surface area (Å²) in [7, 11) is 0. The average molecular weight is 274 g/mol. The number of amides is 1. The molecule has 0 aromatic heterocycles. The smallest absolute Gasteiger partial charge is 0.248 e. The fourth-order valence-corrected chi connectivity index (χ4v) is 2.57. The first-order chi connectivity index (χ1) is 9.81. The molecule has 3 rings (SSSR count). The first-order valence-corrected chi connectivity index (χ1v) is 7.45. The van der Waals surface area contributed by atoms with Gasteiger partial charge in [0.15, 0.2) is 0 Å². The Morgan fingerprint density at radius 1 is 1.25 bits per heavy atom. The molecule has 1 saturated heterocycles. The molecular weight excluding hydrogens is 252 g/mol. The maximum atomic E-state index is 11.8. The van der Waals surface area contributed by atoms with E-state index in [-0.39, 0.29) is 18.6 Å². The summed E-state index contributed by atoms with van der Waals surface area (Å²) in [6, 6.07) is 10.3. The maximum Gasteiger partial charge on any atom is 0.248 e. The van der Waals surface area contributed by atoms with Crippen LogP contribution in [0.2, 0.25) is 0 Å². The third-order valence-corrected chi connectivity index (χ3v) is 3.94. The standard InChI is InChI=1S/C16H22N2O2/c19-16-12-20-15(11-18(16)10-14-6-7-14)9-17-8-13-4-2-1-3-5-13/h1-5,14-15,17H,6-12H2. The number of hydrogen-bond donors (Lipinski definition) is 1. The van der Waals surface area contributed by atoms with Crippen molar-refractivity contribution < 1.29 is 9.53 Å². The van der Waals surface area contributed by atoms with Crippen molar-refractivity contribution in [2.45, 2.75) is 25.5 Å². The molecule has 1 aromatic carbocycles. The number of rotatable bonds is 6. The van der Waals surface area contributed by atoms with E-state index in [1.807, 2.05) is 23.1 Å². The number of hydrogen-bond acceptors (Lipinski definition) is 3. The van der Waals surface area contributed by atoms with Gasteiger partial charge in [-0.05, 0) is 24.3 Å². The van der Waals surface area contributed by atoms with Gasteiger partial charge in [0.05, 0.1) is 6.10 Å². The van der Waals surface area contributed by atoms with Crippen LogP contribution in [0.25, 0.3) is 0 Å². The van der Waals surface area contributed by atoms with Gasteiger partial charge >= 0.3 is 0 Å². The van der Waals surface area contributed by atoms with Crippen LogP contribution in [0.3, 0.4) is 0 Å². The minimum Gasteiger partial charge on any atom is -0.365 e. The van der Waals surface area contributed by atoms with Gasteiger partial charge in [0.1, 0.15) is 6.61 Å². The fraction of sp³-hybridized carbons (Fsp3) is 0.562. The quantitative estimate of drug-likeness (QED) is 0.853. The highest BCUT2D eigenvalue weighted by atomic mass is 16.5. The summed E-state index contributed by atoms with van der Waals surface area (Å²) in [6.07, 6.45) is 2.68. The molecule has 1 heterocycles. The molecule has 1 aliphatic heterocycles. The topological polar surface area (TPSA) is 41.6 Å². The maximum absolute atomic E-state index is 11.8. The predicted molar refractivity (Wildman–Crippen MR) is 77.2 cm³/mol. The number of nitrogens with zero attached hydrogens (tertiary/aromatic N) is 1. The van der Waals surface area contributed by atoms with Gasteiger partial charge in [0.2, 0.25) is 5.91 Å². The van der Waals surface area contributed by atoms with Crippen LogP contribution in [0.4, 0.5) is 0 Å². The molecule has 4 heteroatoms. The molecule has 1 aliphatic carbocycles. The second kappa shape index (κ2) is 6.37. The molecule has 2 fully saturated rings. The van der Waals surface area contributed by atoms with E-state index in [0.717, 1.165) is 32.1 Å². The summed E-state index contributed by atoms with van der Waals surface area (Å²) in [5.74, 6) is 0.895. The van der Waals surface area contributed by atoms with E-state index < -0.39 is 0 Å². The van der Waals surface area contributed by atoms with Crippen molar-refractivity contribution >= 4 is 5.91 Å². The van der Waals surface area contributed by atoms with Gasteiger partial charge in [-0.2, -0.15) is 0 Å². The predicted octanol–water partition coefficient (Wildman–Crippen LogP) is 1.41. The number of carbonyl (C=O) groups excluding carboxylic acids is 1. The lowest BCUT2D eigenvalue weighted by Crippen LogP contribution is -2.50. The number of benzene rings is 1. The van der Waals surface area contributed by atoms with Gasteiger partial charge < -0.3 is 15.0 Å². The summed E-state index contributed by atoms with van der Waals surface area (Å²) in [5, 5.41) is 3.41. The van der Waals surface area contributed by atoms with Crippen LogP contribution in [0.15, 0.2) is 30.3 Å². The van der Waals surface area contributed by atoms with Crippen LogP contribution >= 0.6 is 0 Å². The molecule has 0 radical (unpaired) electrons. The molecule has 0 spiro atoms. The van der Waals surface area contributed by atoms with Gasteiger partial charge in [-0.3, -0.25) is 4.79 Å². The first kappa shape index (κ1) is 13.6. The van der Waals surface area contributed by atoms with E-state index in [4.69, 9.17) is 4.74 Å². The monoisotopic (exact) mass is 274 g/mol. The SMILES string of the molecule is O=C1COC(CNCc2ccccc2)CN1CC1CC1. The molecule has 108 valence electrons. The van der Waals surface area contributed by atoms with Crippen LogP contribution < -0.4 is 5.32 Å². The molecular formula is C16H22N2O2. The van der Waals surface area contributed by atoms with Crippen molar-refractivity contribution in [1.82, 2.24) is 10.2 Å². The lowest BCUT2D eigenvalue weighted by Gasteiger charge is -2.33. The number of nitrogens with one attached hydrogen (secondary N) is 1. The Morgan fingerprint density at radius 2 is 2.05 bits per heavy atom. The average Bonchev–Trinajstić information content (AvgIpc) is 3.28. The lowest BCUT2D eigenvalue weighted by atomic mass is 10.2. The Hall–Kier alpha value is -1.39. The summed E-state index contributed by atoms with van der Waals surface area (Å²) in [6.45, 7) is 3.54. The third kappa shape index (κ3) is 3.81. The molecule has 1 aromatic rings. The second-order valence-electron chi connectivity index (χ2n) is 5.79. The Bertz CT molecular complexity index is 445. The van der Waals surface area contributed by atoms with Gasteiger partial charge in [-0.15, -0.1) is 0 Å². The zero-order valence-corrected chi connectivity index (χ0v) is 11.8. The van der Waals surface area contributed by atoms with E-state index in [1.165, 1.54) is 18.4 Å². The lowest BCUT2D eigenvalue weighted by molar-refractivity contribution is -0.148. The summed E-state index contributed by atoms with van der Waals surface area (Å²) in [4.78, 5) is 13.8. The first-order valence-electron chi connectivity index (χ1n) is 7.45. The summed E-state index contributed by atoms with van der Waals surface area (Å²) in [5.41, 5.74) is 1.27. The Balaban J connectivity index is 1.42. The Kier molecular flexibility index (Phi) is 4.33. The second-order valence-corrected chi connectivity index (χ2v) is 5.79. The van der Waals surface area contributed by atoms with Crippen molar-refractivity contribution in [3.63, 3.8) is 0 Å². The van der Waals surface area contributed by atoms with E-state index in [2.05, 4.69) is 17.4 Å². The highest BCUT2D eigenvalue weighted by molar-refractivity contribution is 5.78. The minimum absolute atomic E-state index is 0.121. The molecule has 20 heavy (non-hydrogen) atoms. The van der Waals surface area contributed by atoms with Crippen molar-refractivity contribution in [1.29, 1.82) is 0 Å². The van der Waals surface area contributed by atoms with E-state index in [0.29, 0.717) is 0 Å². The third-order valence-electron chi connectivity index (χ3n) is 3.94. The van der Waals surface area contributed by atoms with Gasteiger partial charge in [0, 0.05) is 26.2 Å². The summed E-state index contributed by atoms with van der Waals surface area (Å²) >= 11 is 0. The van der Waals surface area contributed by atoms with Crippen molar-refractivity contribution in [3.8, 4) is 0 Å². The molecule has 1 saturated carbocycles. The van der Waals surface area contributed by atoms with Crippen molar-refractivity contribution in [2.75, 3.05) is 26.2 Å². The highest BCUT2D eigenvalue weighted by Crippen LogP contribution is 2.30. The molecule has 1 N–H and O–H groups in total. The highest BCUT2D eigenvalue weighted by Gasteiger charge is 2.31. The fourth-order valence-electron chi connectivity index (χ4n) is 2.57. The largest absolute Gasteiger partial charge is 0.365 e. The normalized spacial score (nSPS) is 23.1. The number of morpholine rings is 1. The van der Waals surface area contributed by atoms with Crippen LogP contribution in [0, 0.1) is 5.92 Å². The zero-order valence-electron chi connectivity index (χ0n) is 11.8. The molecule has 4 nitrogen and oxygen atoms in total. The van der Waals surface area contributed by atoms with Crippen LogP contribution in [0.5, 0.6) is 0 Å². The minimum atomic E-state index is 0.121. The van der Waals surface area contributed by atoms with Crippen molar-refractivity contribution in [2.24, 2.45) is 5.92 Å². The van der Waals surface area contributed by atoms with E-state index in [9.17, 15) is 4.79 Å².